The van der Waals surface area contributed by atoms with Crippen LogP contribution in [0.5, 0.6) is 5.75 Å². The lowest BCUT2D eigenvalue weighted by molar-refractivity contribution is -0.122. The number of amides is 1. The SMILES string of the molecule is CCC(Oc1ccc(Cl)c(C)c1)C(=O)Nc1cc(C)ccc1C. The van der Waals surface area contributed by atoms with E-state index >= 15 is 0 Å². The van der Waals surface area contributed by atoms with Crippen molar-refractivity contribution in [3.05, 3.63) is 58.1 Å². The standard InChI is InChI=1S/C19H22ClNO2/c1-5-18(23-15-8-9-16(20)14(4)11-15)19(22)21-17-10-12(2)6-7-13(17)3/h6-11,18H,5H2,1-4H3,(H,21,22). The Balaban J connectivity index is 2.11. The van der Waals surface area contributed by atoms with Gasteiger partial charge in [0.1, 0.15) is 5.75 Å². The van der Waals surface area contributed by atoms with E-state index in [0.29, 0.717) is 17.2 Å². The zero-order valence-electron chi connectivity index (χ0n) is 13.9. The van der Waals surface area contributed by atoms with Gasteiger partial charge in [0, 0.05) is 10.7 Å². The first-order valence-corrected chi connectivity index (χ1v) is 8.09. The molecule has 122 valence electrons. The van der Waals surface area contributed by atoms with Gasteiger partial charge in [-0.15, -0.1) is 0 Å². The number of halogens is 1. The molecule has 1 unspecified atom stereocenters. The molecule has 1 atom stereocenters. The van der Waals surface area contributed by atoms with E-state index < -0.39 is 6.10 Å². The molecule has 2 aromatic carbocycles. The van der Waals surface area contributed by atoms with Crippen molar-refractivity contribution in [2.75, 3.05) is 5.32 Å². The number of hydrogen-bond donors (Lipinski definition) is 1. The summed E-state index contributed by atoms with van der Waals surface area (Å²) in [5, 5.41) is 3.64. The van der Waals surface area contributed by atoms with Crippen LogP contribution in [0.2, 0.25) is 5.02 Å². The molecule has 0 spiro atoms. The molecule has 1 amide bonds. The van der Waals surface area contributed by atoms with Gasteiger partial charge < -0.3 is 10.1 Å². The predicted molar refractivity (Wildman–Crippen MR) is 95.4 cm³/mol. The number of hydrogen-bond acceptors (Lipinski definition) is 2. The first-order chi connectivity index (χ1) is 10.9. The number of aryl methyl sites for hydroxylation is 3. The zero-order chi connectivity index (χ0) is 17.0. The van der Waals surface area contributed by atoms with E-state index in [4.69, 9.17) is 16.3 Å². The van der Waals surface area contributed by atoms with E-state index in [2.05, 4.69) is 5.32 Å². The largest absolute Gasteiger partial charge is 0.481 e. The lowest BCUT2D eigenvalue weighted by Gasteiger charge is -2.18. The molecule has 0 saturated carbocycles. The van der Waals surface area contributed by atoms with Crippen LogP contribution in [-0.2, 0) is 4.79 Å². The van der Waals surface area contributed by atoms with Crippen LogP contribution in [0.1, 0.15) is 30.0 Å². The quantitative estimate of drug-likeness (QED) is 0.831. The molecular formula is C19H22ClNO2. The molecule has 2 aromatic rings. The Morgan fingerprint density at radius 3 is 2.52 bits per heavy atom. The summed E-state index contributed by atoms with van der Waals surface area (Å²) in [6.45, 7) is 7.81. The van der Waals surface area contributed by atoms with Crippen LogP contribution in [0.15, 0.2) is 36.4 Å². The Morgan fingerprint density at radius 1 is 1.13 bits per heavy atom. The minimum atomic E-state index is -0.546. The summed E-state index contributed by atoms with van der Waals surface area (Å²) in [5.41, 5.74) is 3.88. The molecule has 0 aliphatic heterocycles. The van der Waals surface area contributed by atoms with Crippen LogP contribution in [-0.4, -0.2) is 12.0 Å². The normalized spacial score (nSPS) is 11.9. The van der Waals surface area contributed by atoms with Gasteiger partial charge in [-0.3, -0.25) is 4.79 Å². The molecular weight excluding hydrogens is 310 g/mol. The maximum Gasteiger partial charge on any atom is 0.265 e. The van der Waals surface area contributed by atoms with Gasteiger partial charge in [0.2, 0.25) is 0 Å². The van der Waals surface area contributed by atoms with Crippen molar-refractivity contribution < 1.29 is 9.53 Å². The molecule has 0 aliphatic rings. The molecule has 0 heterocycles. The summed E-state index contributed by atoms with van der Waals surface area (Å²) in [7, 11) is 0. The fourth-order valence-electron chi connectivity index (χ4n) is 2.26. The topological polar surface area (TPSA) is 38.3 Å². The van der Waals surface area contributed by atoms with Gasteiger partial charge in [-0.05, 0) is 68.1 Å². The monoisotopic (exact) mass is 331 g/mol. The number of carbonyl (C=O) groups excluding carboxylic acids is 1. The van der Waals surface area contributed by atoms with Gasteiger partial charge in [0.25, 0.3) is 5.91 Å². The van der Waals surface area contributed by atoms with Gasteiger partial charge in [-0.1, -0.05) is 30.7 Å². The molecule has 1 N–H and O–H groups in total. The van der Waals surface area contributed by atoms with Crippen LogP contribution in [0.25, 0.3) is 0 Å². The second kappa shape index (κ2) is 7.51. The predicted octanol–water partition coefficient (Wildman–Crippen LogP) is 5.06. The lowest BCUT2D eigenvalue weighted by Crippen LogP contribution is -2.32. The molecule has 0 bridgehead atoms. The molecule has 0 aromatic heterocycles. The minimum Gasteiger partial charge on any atom is -0.481 e. The summed E-state index contributed by atoms with van der Waals surface area (Å²) in [6.07, 6.45) is 0.0359. The van der Waals surface area contributed by atoms with Crippen LogP contribution in [0.3, 0.4) is 0 Å². The summed E-state index contributed by atoms with van der Waals surface area (Å²) in [5.74, 6) is 0.503. The number of carbonyl (C=O) groups is 1. The highest BCUT2D eigenvalue weighted by Gasteiger charge is 2.19. The third-order valence-electron chi connectivity index (χ3n) is 3.72. The molecule has 0 fully saturated rings. The van der Waals surface area contributed by atoms with Gasteiger partial charge in [0.05, 0.1) is 0 Å². The van der Waals surface area contributed by atoms with E-state index in [1.54, 1.807) is 12.1 Å². The molecule has 4 heteroatoms. The third kappa shape index (κ3) is 4.49. The van der Waals surface area contributed by atoms with Crippen molar-refractivity contribution in [1.29, 1.82) is 0 Å². The van der Waals surface area contributed by atoms with Crippen molar-refractivity contribution in [3.63, 3.8) is 0 Å². The van der Waals surface area contributed by atoms with Crippen LogP contribution in [0.4, 0.5) is 5.69 Å². The fraction of sp³-hybridized carbons (Fsp3) is 0.316. The van der Waals surface area contributed by atoms with Crippen molar-refractivity contribution in [1.82, 2.24) is 0 Å². The molecule has 3 nitrogen and oxygen atoms in total. The maximum absolute atomic E-state index is 12.5. The molecule has 0 aliphatic carbocycles. The number of anilines is 1. The van der Waals surface area contributed by atoms with Crippen molar-refractivity contribution in [3.8, 4) is 5.75 Å². The average Bonchev–Trinajstić information content (AvgIpc) is 2.51. The zero-order valence-corrected chi connectivity index (χ0v) is 14.7. The first kappa shape index (κ1) is 17.4. The van der Waals surface area contributed by atoms with Gasteiger partial charge in [0.15, 0.2) is 6.10 Å². The van der Waals surface area contributed by atoms with Crippen LogP contribution in [0, 0.1) is 20.8 Å². The van der Waals surface area contributed by atoms with Crippen LogP contribution >= 0.6 is 11.6 Å². The highest BCUT2D eigenvalue weighted by atomic mass is 35.5. The fourth-order valence-corrected chi connectivity index (χ4v) is 2.38. The molecule has 0 saturated heterocycles. The Morgan fingerprint density at radius 2 is 1.87 bits per heavy atom. The molecule has 0 radical (unpaired) electrons. The Hall–Kier alpha value is -2.00. The smallest absolute Gasteiger partial charge is 0.265 e. The minimum absolute atomic E-state index is 0.145. The third-order valence-corrected chi connectivity index (χ3v) is 4.15. The van der Waals surface area contributed by atoms with Gasteiger partial charge in [-0.25, -0.2) is 0 Å². The van der Waals surface area contributed by atoms with E-state index in [0.717, 1.165) is 22.4 Å². The Kier molecular flexibility index (Phi) is 5.67. The van der Waals surface area contributed by atoms with E-state index in [9.17, 15) is 4.79 Å². The van der Waals surface area contributed by atoms with Gasteiger partial charge in [-0.2, -0.15) is 0 Å². The summed E-state index contributed by atoms with van der Waals surface area (Å²) in [6, 6.07) is 11.4. The lowest BCUT2D eigenvalue weighted by atomic mass is 10.1. The van der Waals surface area contributed by atoms with E-state index in [1.807, 2.05) is 52.0 Å². The van der Waals surface area contributed by atoms with E-state index in [-0.39, 0.29) is 5.91 Å². The number of ether oxygens (including phenoxy) is 1. The van der Waals surface area contributed by atoms with E-state index in [1.165, 1.54) is 0 Å². The highest BCUT2D eigenvalue weighted by Crippen LogP contribution is 2.23. The van der Waals surface area contributed by atoms with Gasteiger partial charge >= 0.3 is 0 Å². The van der Waals surface area contributed by atoms with Crippen molar-refractivity contribution in [2.24, 2.45) is 0 Å². The molecule has 23 heavy (non-hydrogen) atoms. The Labute approximate surface area is 142 Å². The highest BCUT2D eigenvalue weighted by molar-refractivity contribution is 6.31. The van der Waals surface area contributed by atoms with Crippen LogP contribution < -0.4 is 10.1 Å². The maximum atomic E-state index is 12.5. The molecule has 2 rings (SSSR count). The second-order valence-electron chi connectivity index (χ2n) is 5.73. The second-order valence-corrected chi connectivity index (χ2v) is 6.14. The number of benzene rings is 2. The van der Waals surface area contributed by atoms with Crippen molar-refractivity contribution in [2.45, 2.75) is 40.2 Å². The summed E-state index contributed by atoms with van der Waals surface area (Å²) < 4.78 is 5.83. The average molecular weight is 332 g/mol. The van der Waals surface area contributed by atoms with Crippen molar-refractivity contribution >= 4 is 23.2 Å². The summed E-state index contributed by atoms with van der Waals surface area (Å²) in [4.78, 5) is 12.5. The summed E-state index contributed by atoms with van der Waals surface area (Å²) >= 11 is 6.02. The first-order valence-electron chi connectivity index (χ1n) is 7.71. The number of rotatable bonds is 5. The number of nitrogens with one attached hydrogen (secondary N) is 1. The Bertz CT molecular complexity index is 713.